The first-order valence-electron chi connectivity index (χ1n) is 9.16. The molecule has 0 radical (unpaired) electrons. The van der Waals surface area contributed by atoms with E-state index in [0.717, 1.165) is 31.4 Å². The first-order valence-corrected chi connectivity index (χ1v) is 9.16. The molecule has 3 rings (SSSR count). The van der Waals surface area contributed by atoms with Gasteiger partial charge in [-0.1, -0.05) is 19.0 Å². The highest BCUT2D eigenvalue weighted by Gasteiger charge is 2.32. The van der Waals surface area contributed by atoms with Gasteiger partial charge in [0.15, 0.2) is 5.69 Å². The van der Waals surface area contributed by atoms with Crippen LogP contribution in [0.1, 0.15) is 61.7 Å². The third kappa shape index (κ3) is 4.21. The largest absolute Gasteiger partial charge is 0.394 e. The minimum Gasteiger partial charge on any atom is -0.394 e. The van der Waals surface area contributed by atoms with Crippen molar-refractivity contribution in [2.45, 2.75) is 51.5 Å². The summed E-state index contributed by atoms with van der Waals surface area (Å²) in [6.45, 7) is 5.02. The molecule has 138 valence electrons. The summed E-state index contributed by atoms with van der Waals surface area (Å²) in [5.74, 6) is 1.18. The predicted molar refractivity (Wildman–Crippen MR) is 91.0 cm³/mol. The first kappa shape index (κ1) is 17.9. The molecule has 2 amide bonds. The molecule has 1 saturated carbocycles. The number of rotatable bonds is 6. The summed E-state index contributed by atoms with van der Waals surface area (Å²) in [5, 5.41) is 16.4. The van der Waals surface area contributed by atoms with Crippen molar-refractivity contribution in [3.05, 3.63) is 17.5 Å². The molecule has 7 heteroatoms. The number of carbonyl (C=O) groups excluding carboxylic acids is 2. The van der Waals surface area contributed by atoms with Gasteiger partial charge in [-0.3, -0.25) is 9.59 Å². The molecule has 2 heterocycles. The zero-order chi connectivity index (χ0) is 18.0. The highest BCUT2D eigenvalue weighted by Crippen LogP contribution is 2.40. The third-order valence-electron chi connectivity index (χ3n) is 5.17. The van der Waals surface area contributed by atoms with Crippen LogP contribution in [0.15, 0.2) is 10.6 Å². The predicted octanol–water partition coefficient (Wildman–Crippen LogP) is 1.54. The van der Waals surface area contributed by atoms with E-state index in [4.69, 9.17) is 4.52 Å². The Morgan fingerprint density at radius 3 is 2.56 bits per heavy atom. The molecular weight excluding hydrogens is 322 g/mol. The maximum Gasteiger partial charge on any atom is 0.273 e. The van der Waals surface area contributed by atoms with Crippen LogP contribution in [0.4, 0.5) is 0 Å². The summed E-state index contributed by atoms with van der Waals surface area (Å²) in [6.07, 6.45) is 3.72. The van der Waals surface area contributed by atoms with E-state index in [9.17, 15) is 14.7 Å². The van der Waals surface area contributed by atoms with Gasteiger partial charge >= 0.3 is 0 Å². The third-order valence-corrected chi connectivity index (χ3v) is 5.17. The number of carbonyl (C=O) groups is 2. The summed E-state index contributed by atoms with van der Waals surface area (Å²) >= 11 is 0. The molecule has 0 bridgehead atoms. The summed E-state index contributed by atoms with van der Waals surface area (Å²) in [4.78, 5) is 26.3. The average molecular weight is 349 g/mol. The van der Waals surface area contributed by atoms with Crippen LogP contribution in [0.2, 0.25) is 0 Å². The minimum absolute atomic E-state index is 0.00211. The molecule has 25 heavy (non-hydrogen) atoms. The van der Waals surface area contributed by atoms with Gasteiger partial charge in [0.2, 0.25) is 5.91 Å². The fourth-order valence-electron chi connectivity index (χ4n) is 3.40. The Morgan fingerprint density at radius 1 is 1.32 bits per heavy atom. The Kier molecular flexibility index (Phi) is 5.42. The number of aliphatic hydroxyl groups excluding tert-OH is 1. The molecule has 1 aromatic heterocycles. The van der Waals surface area contributed by atoms with Crippen LogP contribution in [0.3, 0.4) is 0 Å². The number of nitrogens with zero attached hydrogens (tertiary/aromatic N) is 2. The standard InChI is InChI=1S/C18H27N3O4/c1-11(2)18(24)21-7-5-12(6-8-21)15(10-22)19-17(23)14-9-16(25-20-14)13-3-4-13/h9,11-13,15,22H,3-8,10H2,1-2H3,(H,19,23). The van der Waals surface area contributed by atoms with Crippen molar-refractivity contribution in [3.63, 3.8) is 0 Å². The van der Waals surface area contributed by atoms with Crippen molar-refractivity contribution in [2.24, 2.45) is 11.8 Å². The quantitative estimate of drug-likeness (QED) is 0.812. The van der Waals surface area contributed by atoms with Crippen molar-refractivity contribution < 1.29 is 19.2 Å². The fourth-order valence-corrected chi connectivity index (χ4v) is 3.40. The fraction of sp³-hybridized carbons (Fsp3) is 0.722. The summed E-state index contributed by atoms with van der Waals surface area (Å²) < 4.78 is 5.22. The number of likely N-dealkylation sites (tertiary alicyclic amines) is 1. The molecular formula is C18H27N3O4. The summed E-state index contributed by atoms with van der Waals surface area (Å²) in [6, 6.07) is 1.37. The van der Waals surface area contributed by atoms with Crippen LogP contribution in [-0.2, 0) is 4.79 Å². The van der Waals surface area contributed by atoms with Crippen LogP contribution < -0.4 is 5.32 Å². The molecule has 1 aromatic rings. The van der Waals surface area contributed by atoms with Gasteiger partial charge in [-0.15, -0.1) is 0 Å². The SMILES string of the molecule is CC(C)C(=O)N1CCC(C(CO)NC(=O)c2cc(C3CC3)on2)CC1. The Morgan fingerprint density at radius 2 is 2.00 bits per heavy atom. The molecule has 1 aliphatic heterocycles. The number of aliphatic hydroxyl groups is 1. The molecule has 2 N–H and O–H groups in total. The van der Waals surface area contributed by atoms with Gasteiger partial charge in [0.25, 0.3) is 5.91 Å². The monoisotopic (exact) mass is 349 g/mol. The lowest BCUT2D eigenvalue weighted by molar-refractivity contribution is -0.136. The van der Waals surface area contributed by atoms with E-state index in [-0.39, 0.29) is 42.0 Å². The zero-order valence-electron chi connectivity index (χ0n) is 14.9. The van der Waals surface area contributed by atoms with E-state index in [2.05, 4.69) is 10.5 Å². The van der Waals surface area contributed by atoms with Gasteiger partial charge in [0.05, 0.1) is 12.6 Å². The van der Waals surface area contributed by atoms with Crippen molar-refractivity contribution in [1.82, 2.24) is 15.4 Å². The van der Waals surface area contributed by atoms with Crippen LogP contribution in [0.5, 0.6) is 0 Å². The van der Waals surface area contributed by atoms with E-state index in [1.54, 1.807) is 6.07 Å². The lowest BCUT2D eigenvalue weighted by Gasteiger charge is -2.36. The van der Waals surface area contributed by atoms with Crippen molar-refractivity contribution in [3.8, 4) is 0 Å². The van der Waals surface area contributed by atoms with Gasteiger partial charge in [-0.2, -0.15) is 0 Å². The second kappa shape index (κ2) is 7.56. The number of hydrogen-bond acceptors (Lipinski definition) is 5. The average Bonchev–Trinajstić information content (AvgIpc) is 3.35. The van der Waals surface area contributed by atoms with Crippen LogP contribution in [0, 0.1) is 11.8 Å². The van der Waals surface area contributed by atoms with E-state index in [1.807, 2.05) is 18.7 Å². The van der Waals surface area contributed by atoms with Gasteiger partial charge in [0, 0.05) is 31.0 Å². The second-order valence-electron chi connectivity index (χ2n) is 7.47. The number of hydrogen-bond donors (Lipinski definition) is 2. The highest BCUT2D eigenvalue weighted by atomic mass is 16.5. The van der Waals surface area contributed by atoms with Gasteiger partial charge in [0.1, 0.15) is 5.76 Å². The maximum absolute atomic E-state index is 12.4. The lowest BCUT2D eigenvalue weighted by atomic mass is 9.89. The van der Waals surface area contributed by atoms with E-state index in [0.29, 0.717) is 19.0 Å². The topological polar surface area (TPSA) is 95.7 Å². The van der Waals surface area contributed by atoms with E-state index < -0.39 is 0 Å². The Bertz CT molecular complexity index is 616. The van der Waals surface area contributed by atoms with Crippen molar-refractivity contribution in [2.75, 3.05) is 19.7 Å². The number of nitrogens with one attached hydrogen (secondary N) is 1. The lowest BCUT2D eigenvalue weighted by Crippen LogP contribution is -2.49. The molecule has 0 spiro atoms. The van der Waals surface area contributed by atoms with Crippen molar-refractivity contribution >= 4 is 11.8 Å². The smallest absolute Gasteiger partial charge is 0.273 e. The Hall–Kier alpha value is -1.89. The summed E-state index contributed by atoms with van der Waals surface area (Å²) in [7, 11) is 0. The van der Waals surface area contributed by atoms with Crippen LogP contribution >= 0.6 is 0 Å². The molecule has 1 saturated heterocycles. The normalized spacial score (nSPS) is 19.9. The summed E-state index contributed by atoms with van der Waals surface area (Å²) in [5.41, 5.74) is 0.271. The zero-order valence-corrected chi connectivity index (χ0v) is 14.9. The van der Waals surface area contributed by atoms with Gasteiger partial charge < -0.3 is 19.8 Å². The van der Waals surface area contributed by atoms with E-state index in [1.165, 1.54) is 0 Å². The van der Waals surface area contributed by atoms with Crippen molar-refractivity contribution in [1.29, 1.82) is 0 Å². The van der Waals surface area contributed by atoms with E-state index >= 15 is 0 Å². The van der Waals surface area contributed by atoms with Gasteiger partial charge in [-0.25, -0.2) is 0 Å². The minimum atomic E-state index is -0.329. The Balaban J connectivity index is 1.53. The molecule has 7 nitrogen and oxygen atoms in total. The second-order valence-corrected chi connectivity index (χ2v) is 7.47. The highest BCUT2D eigenvalue weighted by molar-refractivity contribution is 5.92. The maximum atomic E-state index is 12.4. The first-order chi connectivity index (χ1) is 12.0. The molecule has 1 unspecified atom stereocenters. The van der Waals surface area contributed by atoms with Crippen LogP contribution in [0.25, 0.3) is 0 Å². The molecule has 1 aliphatic carbocycles. The molecule has 2 aliphatic rings. The number of aromatic nitrogens is 1. The molecule has 1 atom stereocenters. The molecule has 2 fully saturated rings. The van der Waals surface area contributed by atoms with Crippen LogP contribution in [-0.4, -0.2) is 52.7 Å². The number of amides is 2. The molecule has 0 aromatic carbocycles. The Labute approximate surface area is 147 Å². The number of piperidine rings is 1. The van der Waals surface area contributed by atoms with Gasteiger partial charge in [-0.05, 0) is 31.6 Å².